The molecule has 33 heavy (non-hydrogen) atoms. The number of carbonyl (C=O) groups excluding carboxylic acids is 1. The van der Waals surface area contributed by atoms with Crippen molar-refractivity contribution in [2.75, 3.05) is 33.4 Å². The third kappa shape index (κ3) is 4.05. The van der Waals surface area contributed by atoms with Gasteiger partial charge in [-0.1, -0.05) is 5.16 Å². The number of hydrogen-bond acceptors (Lipinski definition) is 11. The van der Waals surface area contributed by atoms with Crippen molar-refractivity contribution in [1.82, 2.24) is 5.16 Å². The van der Waals surface area contributed by atoms with Gasteiger partial charge >= 0.3 is 5.97 Å². The van der Waals surface area contributed by atoms with Gasteiger partial charge in [-0.3, -0.25) is 10.1 Å². The van der Waals surface area contributed by atoms with Crippen LogP contribution in [0.25, 0.3) is 11.3 Å². The van der Waals surface area contributed by atoms with E-state index < -0.39 is 10.9 Å². The molecule has 0 fully saturated rings. The molecular formula is C21H19N3O9. The largest absolute Gasteiger partial charge is 0.497 e. The first-order valence-electron chi connectivity index (χ1n) is 9.58. The molecular weight excluding hydrogens is 438 g/mol. The Bertz CT molecular complexity index is 1220. The summed E-state index contributed by atoms with van der Waals surface area (Å²) in [6.45, 7) is 0.124. The number of ether oxygens (including phenoxy) is 5. The highest BCUT2D eigenvalue weighted by Crippen LogP contribution is 2.44. The summed E-state index contributed by atoms with van der Waals surface area (Å²) in [5.41, 5.74) is 0.288. The van der Waals surface area contributed by atoms with Gasteiger partial charge < -0.3 is 33.5 Å². The molecule has 0 unspecified atom stereocenters. The Morgan fingerprint density at radius 1 is 1.15 bits per heavy atom. The number of hydrogen-bond donors (Lipinski definition) is 1. The summed E-state index contributed by atoms with van der Waals surface area (Å²) >= 11 is 0. The minimum absolute atomic E-state index is 0.00720. The predicted octanol–water partition coefficient (Wildman–Crippen LogP) is 3.39. The Morgan fingerprint density at radius 2 is 1.91 bits per heavy atom. The van der Waals surface area contributed by atoms with E-state index in [1.807, 2.05) is 0 Å². The molecule has 1 aromatic heterocycles. The lowest BCUT2D eigenvalue weighted by Crippen LogP contribution is -2.09. The Balaban J connectivity index is 1.73. The maximum Gasteiger partial charge on any atom is 0.345 e. The van der Waals surface area contributed by atoms with Crippen LogP contribution >= 0.6 is 0 Å². The highest BCUT2D eigenvalue weighted by Gasteiger charge is 2.32. The fourth-order valence-electron chi connectivity index (χ4n) is 3.33. The van der Waals surface area contributed by atoms with Crippen LogP contribution in [0.2, 0.25) is 0 Å². The normalized spacial score (nSPS) is 11.7. The fourth-order valence-corrected chi connectivity index (χ4v) is 3.33. The van der Waals surface area contributed by atoms with E-state index in [0.29, 0.717) is 11.5 Å². The van der Waals surface area contributed by atoms with Crippen molar-refractivity contribution >= 4 is 17.5 Å². The van der Waals surface area contributed by atoms with Crippen molar-refractivity contribution in [3.63, 3.8) is 0 Å². The standard InChI is InChI=1S/C21H19N3O9/c1-28-12-5-4-11(15(6-12)29-2)9-22-20-18(21(25)30-3)19(33-23-20)13-7-16-17(32-10-31-16)8-14(13)24(26)27/h4-8H,9-10H2,1-3H3,(H,22,23). The molecule has 3 aromatic rings. The number of anilines is 1. The number of nitrogens with one attached hydrogen (secondary N) is 1. The molecule has 172 valence electrons. The quantitative estimate of drug-likeness (QED) is 0.302. The van der Waals surface area contributed by atoms with Gasteiger partial charge in [0, 0.05) is 24.2 Å². The van der Waals surface area contributed by atoms with Gasteiger partial charge in [0.25, 0.3) is 5.69 Å². The molecule has 12 heteroatoms. The van der Waals surface area contributed by atoms with Crippen LogP contribution in [-0.4, -0.2) is 44.2 Å². The second kappa shape index (κ2) is 8.94. The molecule has 4 rings (SSSR count). The minimum Gasteiger partial charge on any atom is -0.497 e. The van der Waals surface area contributed by atoms with E-state index in [-0.39, 0.29) is 53.2 Å². The zero-order chi connectivity index (χ0) is 23.5. The second-order valence-corrected chi connectivity index (χ2v) is 6.74. The van der Waals surface area contributed by atoms with Crippen LogP contribution in [0.3, 0.4) is 0 Å². The Labute approximate surface area is 187 Å². The summed E-state index contributed by atoms with van der Waals surface area (Å²) in [5.74, 6) is 0.774. The van der Waals surface area contributed by atoms with Gasteiger partial charge in [0.05, 0.1) is 32.3 Å². The van der Waals surface area contributed by atoms with Crippen LogP contribution in [-0.2, 0) is 11.3 Å². The average Bonchev–Trinajstić information content (AvgIpc) is 3.47. The highest BCUT2D eigenvalue weighted by atomic mass is 16.7. The van der Waals surface area contributed by atoms with Gasteiger partial charge in [0.2, 0.25) is 6.79 Å². The SMILES string of the molecule is COC(=O)c1c(NCc2ccc(OC)cc2OC)noc1-c1cc2c(cc1[N+](=O)[O-])OCO2. The van der Waals surface area contributed by atoms with E-state index in [1.165, 1.54) is 26.4 Å². The third-order valence-corrected chi connectivity index (χ3v) is 4.95. The number of esters is 1. The van der Waals surface area contributed by atoms with Gasteiger partial charge in [-0.2, -0.15) is 0 Å². The van der Waals surface area contributed by atoms with E-state index in [2.05, 4.69) is 10.5 Å². The first-order valence-corrected chi connectivity index (χ1v) is 9.58. The number of fused-ring (bicyclic) bond motifs is 1. The molecule has 0 bridgehead atoms. The molecule has 1 N–H and O–H groups in total. The summed E-state index contributed by atoms with van der Waals surface area (Å²) in [5, 5.41) is 18.6. The molecule has 0 atom stereocenters. The molecule has 0 saturated carbocycles. The first-order chi connectivity index (χ1) is 16.0. The van der Waals surface area contributed by atoms with Crippen LogP contribution in [0.4, 0.5) is 11.5 Å². The number of benzene rings is 2. The number of nitrogens with zero attached hydrogens (tertiary/aromatic N) is 2. The van der Waals surface area contributed by atoms with Gasteiger partial charge in [-0.25, -0.2) is 4.79 Å². The smallest absolute Gasteiger partial charge is 0.345 e. The van der Waals surface area contributed by atoms with E-state index in [9.17, 15) is 14.9 Å². The van der Waals surface area contributed by atoms with Crippen LogP contribution in [0.15, 0.2) is 34.9 Å². The van der Waals surface area contributed by atoms with E-state index in [0.717, 1.165) is 5.56 Å². The average molecular weight is 457 g/mol. The second-order valence-electron chi connectivity index (χ2n) is 6.74. The molecule has 0 saturated heterocycles. The predicted molar refractivity (Wildman–Crippen MR) is 113 cm³/mol. The van der Waals surface area contributed by atoms with E-state index in [4.69, 9.17) is 28.2 Å². The summed E-state index contributed by atoms with van der Waals surface area (Å²) in [6, 6.07) is 7.82. The van der Waals surface area contributed by atoms with Gasteiger partial charge in [-0.05, 0) is 12.1 Å². The van der Waals surface area contributed by atoms with Crippen molar-refractivity contribution in [2.24, 2.45) is 0 Å². The molecule has 1 aliphatic rings. The summed E-state index contributed by atoms with van der Waals surface area (Å²) < 4.78 is 31.3. The monoisotopic (exact) mass is 457 g/mol. The number of rotatable bonds is 8. The summed E-state index contributed by atoms with van der Waals surface area (Å²) in [6.07, 6.45) is 0. The minimum atomic E-state index is -0.789. The number of nitro benzene ring substituents is 1. The van der Waals surface area contributed by atoms with Crippen LogP contribution in [0.5, 0.6) is 23.0 Å². The maximum atomic E-state index is 12.6. The molecule has 2 aromatic carbocycles. The molecule has 12 nitrogen and oxygen atoms in total. The third-order valence-electron chi connectivity index (χ3n) is 4.95. The molecule has 1 aliphatic heterocycles. The van der Waals surface area contributed by atoms with E-state index in [1.54, 1.807) is 25.3 Å². The molecule has 0 aliphatic carbocycles. The van der Waals surface area contributed by atoms with Crippen molar-refractivity contribution in [1.29, 1.82) is 0 Å². The van der Waals surface area contributed by atoms with E-state index >= 15 is 0 Å². The maximum absolute atomic E-state index is 12.6. The summed E-state index contributed by atoms with van der Waals surface area (Å²) in [7, 11) is 4.25. The topological polar surface area (TPSA) is 144 Å². The van der Waals surface area contributed by atoms with Gasteiger partial charge in [0.1, 0.15) is 17.1 Å². The lowest BCUT2D eigenvalue weighted by atomic mass is 10.0. The number of nitro groups is 1. The lowest BCUT2D eigenvalue weighted by Gasteiger charge is -2.11. The Kier molecular flexibility index (Phi) is 5.89. The van der Waals surface area contributed by atoms with Crippen molar-refractivity contribution < 1.29 is 37.9 Å². The highest BCUT2D eigenvalue weighted by molar-refractivity contribution is 6.01. The molecule has 0 spiro atoms. The molecule has 2 heterocycles. The lowest BCUT2D eigenvalue weighted by molar-refractivity contribution is -0.384. The van der Waals surface area contributed by atoms with Crippen molar-refractivity contribution in [3.05, 3.63) is 51.6 Å². The summed E-state index contributed by atoms with van der Waals surface area (Å²) in [4.78, 5) is 23.7. The van der Waals surface area contributed by atoms with Crippen LogP contribution < -0.4 is 24.3 Å². The number of methoxy groups -OCH3 is 3. The van der Waals surface area contributed by atoms with Crippen LogP contribution in [0.1, 0.15) is 15.9 Å². The Morgan fingerprint density at radius 3 is 2.58 bits per heavy atom. The first kappa shape index (κ1) is 21.7. The Hall–Kier alpha value is -4.48. The van der Waals surface area contributed by atoms with Crippen molar-refractivity contribution in [2.45, 2.75) is 6.54 Å². The molecule has 0 radical (unpaired) electrons. The van der Waals surface area contributed by atoms with Crippen molar-refractivity contribution in [3.8, 4) is 34.3 Å². The van der Waals surface area contributed by atoms with Gasteiger partial charge in [-0.15, -0.1) is 0 Å². The number of aromatic nitrogens is 1. The zero-order valence-corrected chi connectivity index (χ0v) is 17.9. The molecule has 0 amide bonds. The number of carbonyl (C=O) groups is 1. The zero-order valence-electron chi connectivity index (χ0n) is 17.9. The fraction of sp³-hybridized carbons (Fsp3) is 0.238. The van der Waals surface area contributed by atoms with Crippen LogP contribution in [0, 0.1) is 10.1 Å². The van der Waals surface area contributed by atoms with Gasteiger partial charge in [0.15, 0.2) is 28.6 Å².